The molecule has 5 nitrogen and oxygen atoms in total. The van der Waals surface area contributed by atoms with Crippen molar-refractivity contribution in [2.75, 3.05) is 0 Å². The Bertz CT molecular complexity index is 1040. The molecule has 4 rings (SSSR count). The number of amides is 1. The minimum absolute atomic E-state index is 0.177. The van der Waals surface area contributed by atoms with Gasteiger partial charge in [0.25, 0.3) is 5.91 Å². The minimum Gasteiger partial charge on any atom is -0.344 e. The quantitative estimate of drug-likeness (QED) is 0.739. The van der Waals surface area contributed by atoms with Gasteiger partial charge in [-0.05, 0) is 44.4 Å². The first-order valence-corrected chi connectivity index (χ1v) is 8.92. The van der Waals surface area contributed by atoms with Crippen molar-refractivity contribution in [2.45, 2.75) is 32.2 Å². The van der Waals surface area contributed by atoms with Crippen LogP contribution in [0.5, 0.6) is 0 Å². The highest BCUT2D eigenvalue weighted by atomic mass is 32.1. The molecule has 0 fully saturated rings. The first-order valence-electron chi connectivity index (χ1n) is 8.11. The monoisotopic (exact) mass is 357 g/mol. The van der Waals surface area contributed by atoms with E-state index in [1.165, 1.54) is 29.1 Å². The zero-order valence-electron chi connectivity index (χ0n) is 13.6. The molecule has 128 valence electrons. The predicted molar refractivity (Wildman–Crippen MR) is 94.5 cm³/mol. The number of nitrogens with zero attached hydrogens (tertiary/aromatic N) is 1. The fourth-order valence-electron chi connectivity index (χ4n) is 3.33. The normalized spacial score (nSPS) is 16.6. The van der Waals surface area contributed by atoms with Gasteiger partial charge in [0.1, 0.15) is 5.82 Å². The number of nitrogens with one attached hydrogen (secondary N) is 2. The number of aromatic nitrogens is 2. The van der Waals surface area contributed by atoms with E-state index in [4.69, 9.17) is 0 Å². The Morgan fingerprint density at radius 2 is 2.24 bits per heavy atom. The molecule has 3 aromatic rings. The molecule has 7 heteroatoms. The van der Waals surface area contributed by atoms with Gasteiger partial charge in [0, 0.05) is 21.8 Å². The molecule has 1 atom stereocenters. The summed E-state index contributed by atoms with van der Waals surface area (Å²) in [6, 6.07) is 5.02. The van der Waals surface area contributed by atoms with Crippen molar-refractivity contribution in [3.8, 4) is 0 Å². The highest BCUT2D eigenvalue weighted by molar-refractivity contribution is 7.11. The molecule has 0 spiro atoms. The van der Waals surface area contributed by atoms with Crippen molar-refractivity contribution < 1.29 is 9.18 Å². The lowest BCUT2D eigenvalue weighted by Gasteiger charge is -2.22. The number of fused-ring (bicyclic) bond motifs is 2. The molecule has 2 N–H and O–H groups in total. The molecule has 1 amide bonds. The topological polar surface area (TPSA) is 74.8 Å². The molecule has 1 aliphatic rings. The van der Waals surface area contributed by atoms with Gasteiger partial charge in [-0.1, -0.05) is 0 Å². The highest BCUT2D eigenvalue weighted by Crippen LogP contribution is 2.33. The van der Waals surface area contributed by atoms with Gasteiger partial charge in [-0.15, -0.1) is 11.3 Å². The first-order chi connectivity index (χ1) is 12.0. The summed E-state index contributed by atoms with van der Waals surface area (Å²) in [6.07, 6.45) is 2.76. The van der Waals surface area contributed by atoms with Crippen LogP contribution in [0.25, 0.3) is 10.9 Å². The van der Waals surface area contributed by atoms with Crippen LogP contribution in [-0.4, -0.2) is 15.9 Å². The summed E-state index contributed by atoms with van der Waals surface area (Å²) < 4.78 is 13.6. The maximum absolute atomic E-state index is 13.6. The standard InChI is InChI=1S/C18H16FN3O2S/c1-9-20-17-14(3-2-4-15(17)25-9)22-18(24)12-8-16(23)21-13-6-5-10(19)7-11(12)13/h5-8,14H,2-4H2,1H3,(H,21,23)(H,22,24). The molecule has 0 aliphatic heterocycles. The van der Waals surface area contributed by atoms with E-state index in [0.717, 1.165) is 30.0 Å². The average molecular weight is 357 g/mol. The lowest BCUT2D eigenvalue weighted by Crippen LogP contribution is -2.31. The summed E-state index contributed by atoms with van der Waals surface area (Å²) in [5, 5.41) is 4.35. The summed E-state index contributed by atoms with van der Waals surface area (Å²) in [4.78, 5) is 33.0. The second kappa shape index (κ2) is 6.07. The Morgan fingerprint density at radius 3 is 3.08 bits per heavy atom. The van der Waals surface area contributed by atoms with E-state index >= 15 is 0 Å². The highest BCUT2D eigenvalue weighted by Gasteiger charge is 2.26. The number of pyridine rings is 1. The number of hydrogen-bond donors (Lipinski definition) is 2. The van der Waals surface area contributed by atoms with E-state index in [0.29, 0.717) is 10.9 Å². The summed E-state index contributed by atoms with van der Waals surface area (Å²) in [5.74, 6) is -0.839. The second-order valence-corrected chi connectivity index (χ2v) is 7.48. The summed E-state index contributed by atoms with van der Waals surface area (Å²) in [6.45, 7) is 1.95. The lowest BCUT2D eigenvalue weighted by atomic mass is 9.97. The van der Waals surface area contributed by atoms with E-state index in [2.05, 4.69) is 15.3 Å². The Kier molecular flexibility index (Phi) is 3.88. The number of rotatable bonds is 2. The van der Waals surface area contributed by atoms with Crippen LogP contribution in [0, 0.1) is 12.7 Å². The molecule has 1 aliphatic carbocycles. The number of carbonyl (C=O) groups excluding carboxylic acids is 1. The zero-order valence-corrected chi connectivity index (χ0v) is 14.4. The van der Waals surface area contributed by atoms with Crippen LogP contribution in [-0.2, 0) is 6.42 Å². The number of benzene rings is 1. The largest absolute Gasteiger partial charge is 0.344 e. The van der Waals surface area contributed by atoms with Gasteiger partial charge in [-0.25, -0.2) is 9.37 Å². The molecule has 25 heavy (non-hydrogen) atoms. The third-order valence-electron chi connectivity index (χ3n) is 4.42. The van der Waals surface area contributed by atoms with E-state index < -0.39 is 11.4 Å². The molecule has 0 saturated carbocycles. The van der Waals surface area contributed by atoms with Crippen LogP contribution in [0.3, 0.4) is 0 Å². The van der Waals surface area contributed by atoms with Crippen LogP contribution in [0.4, 0.5) is 4.39 Å². The van der Waals surface area contributed by atoms with Gasteiger partial charge >= 0.3 is 0 Å². The van der Waals surface area contributed by atoms with Crippen LogP contribution in [0.1, 0.15) is 44.8 Å². The number of aromatic amines is 1. The van der Waals surface area contributed by atoms with Crippen LogP contribution in [0.15, 0.2) is 29.1 Å². The summed E-state index contributed by atoms with van der Waals surface area (Å²) in [7, 11) is 0. The Morgan fingerprint density at radius 1 is 1.40 bits per heavy atom. The molecule has 2 heterocycles. The van der Waals surface area contributed by atoms with Crippen molar-refractivity contribution in [3.05, 3.63) is 61.6 Å². The van der Waals surface area contributed by atoms with Crippen LogP contribution < -0.4 is 10.9 Å². The van der Waals surface area contributed by atoms with E-state index in [-0.39, 0.29) is 17.5 Å². The SMILES string of the molecule is Cc1nc2c(s1)CCCC2NC(=O)c1cc(=O)[nH]c2ccc(F)cc12. The van der Waals surface area contributed by atoms with Crippen molar-refractivity contribution in [2.24, 2.45) is 0 Å². The predicted octanol–water partition coefficient (Wildman–Crippen LogP) is 3.24. The van der Waals surface area contributed by atoms with Gasteiger partial charge in [-0.2, -0.15) is 0 Å². The van der Waals surface area contributed by atoms with Crippen molar-refractivity contribution in [1.82, 2.24) is 15.3 Å². The second-order valence-electron chi connectivity index (χ2n) is 6.20. The van der Waals surface area contributed by atoms with Crippen LogP contribution >= 0.6 is 11.3 Å². The lowest BCUT2D eigenvalue weighted by molar-refractivity contribution is 0.0933. The van der Waals surface area contributed by atoms with Gasteiger partial charge in [0.05, 0.1) is 22.3 Å². The maximum Gasteiger partial charge on any atom is 0.252 e. The minimum atomic E-state index is -0.455. The summed E-state index contributed by atoms with van der Waals surface area (Å²) in [5.41, 5.74) is 1.14. The molecule has 0 radical (unpaired) electrons. The van der Waals surface area contributed by atoms with Gasteiger partial charge in [-0.3, -0.25) is 9.59 Å². The Labute approximate surface area is 146 Å². The maximum atomic E-state index is 13.6. The molecular weight excluding hydrogens is 341 g/mol. The van der Waals surface area contributed by atoms with Gasteiger partial charge in [0.15, 0.2) is 0 Å². The fourth-order valence-corrected chi connectivity index (χ4v) is 4.37. The summed E-state index contributed by atoms with van der Waals surface area (Å²) >= 11 is 1.66. The zero-order chi connectivity index (χ0) is 17.6. The number of hydrogen-bond acceptors (Lipinski definition) is 4. The van der Waals surface area contributed by atoms with E-state index in [1.54, 1.807) is 11.3 Å². The number of aryl methyl sites for hydroxylation is 2. The molecule has 0 bridgehead atoms. The smallest absolute Gasteiger partial charge is 0.252 e. The number of H-pyrrole nitrogens is 1. The third kappa shape index (κ3) is 2.95. The number of halogens is 1. The Hall–Kier alpha value is -2.54. The molecule has 1 aromatic carbocycles. The fraction of sp³-hybridized carbons (Fsp3) is 0.278. The van der Waals surface area contributed by atoms with Crippen LogP contribution in [0.2, 0.25) is 0 Å². The van der Waals surface area contributed by atoms with Gasteiger partial charge in [0.2, 0.25) is 5.56 Å². The third-order valence-corrected chi connectivity index (χ3v) is 5.46. The first kappa shape index (κ1) is 16.0. The molecule has 0 saturated heterocycles. The number of thiazole rings is 1. The molecule has 1 unspecified atom stereocenters. The van der Waals surface area contributed by atoms with Crippen molar-refractivity contribution >= 4 is 28.1 Å². The Balaban J connectivity index is 1.72. The van der Waals surface area contributed by atoms with Crippen molar-refractivity contribution in [1.29, 1.82) is 0 Å². The number of carbonyl (C=O) groups is 1. The van der Waals surface area contributed by atoms with E-state index in [1.807, 2.05) is 6.92 Å². The average Bonchev–Trinajstić information content (AvgIpc) is 2.96. The van der Waals surface area contributed by atoms with Gasteiger partial charge < -0.3 is 10.3 Å². The molecule has 2 aromatic heterocycles. The molecular formula is C18H16FN3O2S. The van der Waals surface area contributed by atoms with Crippen molar-refractivity contribution in [3.63, 3.8) is 0 Å². The van der Waals surface area contributed by atoms with E-state index in [9.17, 15) is 14.0 Å².